The lowest BCUT2D eigenvalue weighted by Crippen LogP contribution is -2.42. The molecule has 0 heterocycles. The van der Waals surface area contributed by atoms with Crippen molar-refractivity contribution in [3.8, 4) is 0 Å². The number of hydrogen-bond donors (Lipinski definition) is 2. The van der Waals surface area contributed by atoms with Crippen LogP contribution >= 0.6 is 0 Å². The first-order valence-electron chi connectivity index (χ1n) is 8.00. The molecule has 1 atom stereocenters. The van der Waals surface area contributed by atoms with E-state index in [4.69, 9.17) is 0 Å². The number of carbonyl (C=O) groups excluding carboxylic acids is 1. The van der Waals surface area contributed by atoms with Gasteiger partial charge in [-0.05, 0) is 30.7 Å². The van der Waals surface area contributed by atoms with Gasteiger partial charge < -0.3 is 10.4 Å². The molecule has 6 nitrogen and oxygen atoms in total. The number of halogens is 3. The number of amides is 1. The van der Waals surface area contributed by atoms with E-state index in [1.807, 2.05) is 5.32 Å². The van der Waals surface area contributed by atoms with Crippen LogP contribution in [-0.2, 0) is 20.8 Å². The van der Waals surface area contributed by atoms with Crippen LogP contribution in [0.15, 0.2) is 59.5 Å². The number of carboxylic acids is 1. The van der Waals surface area contributed by atoms with Crippen LogP contribution in [0.4, 0.5) is 13.2 Å². The first kappa shape index (κ1) is 21.4. The van der Waals surface area contributed by atoms with Crippen molar-refractivity contribution in [1.29, 1.82) is 0 Å². The molecule has 2 rings (SSSR count). The largest absolute Gasteiger partial charge is 0.480 e. The summed E-state index contributed by atoms with van der Waals surface area (Å²) in [6.45, 7) is 0. The van der Waals surface area contributed by atoms with Crippen molar-refractivity contribution in [2.45, 2.75) is 23.5 Å². The normalized spacial score (nSPS) is 13.0. The van der Waals surface area contributed by atoms with E-state index in [1.165, 1.54) is 30.3 Å². The second-order valence-electron chi connectivity index (χ2n) is 5.83. The molecule has 0 aliphatic rings. The third-order valence-corrected chi connectivity index (χ3v) is 5.62. The van der Waals surface area contributed by atoms with E-state index < -0.39 is 57.2 Å². The van der Waals surface area contributed by atoms with Gasteiger partial charge in [0.25, 0.3) is 5.91 Å². The number of nitrogens with one attached hydrogen (secondary N) is 1. The molecule has 2 N–H and O–H groups in total. The number of sulfone groups is 1. The van der Waals surface area contributed by atoms with Crippen molar-refractivity contribution in [1.82, 2.24) is 5.32 Å². The molecule has 0 spiro atoms. The Labute approximate surface area is 158 Å². The van der Waals surface area contributed by atoms with E-state index in [9.17, 15) is 36.3 Å². The molecule has 2 aromatic rings. The molecule has 150 valence electrons. The average molecular weight is 415 g/mol. The molecule has 2 aromatic carbocycles. The zero-order valence-electron chi connectivity index (χ0n) is 14.3. The van der Waals surface area contributed by atoms with Crippen LogP contribution in [0.5, 0.6) is 0 Å². The zero-order valence-corrected chi connectivity index (χ0v) is 15.1. The van der Waals surface area contributed by atoms with E-state index in [2.05, 4.69) is 0 Å². The van der Waals surface area contributed by atoms with Crippen LogP contribution in [-0.4, -0.2) is 37.2 Å². The van der Waals surface area contributed by atoms with Gasteiger partial charge in [0.2, 0.25) is 0 Å². The Morgan fingerprint density at radius 1 is 1.00 bits per heavy atom. The number of hydrogen-bond acceptors (Lipinski definition) is 4. The molecule has 28 heavy (non-hydrogen) atoms. The lowest BCUT2D eigenvalue weighted by molar-refractivity contribution is -0.139. The molecule has 0 aliphatic carbocycles. The number of rotatable bonds is 7. The Kier molecular flexibility index (Phi) is 6.45. The zero-order chi connectivity index (χ0) is 20.9. The van der Waals surface area contributed by atoms with Crippen LogP contribution in [0.1, 0.15) is 22.3 Å². The summed E-state index contributed by atoms with van der Waals surface area (Å²) in [5.74, 6) is -3.41. The predicted molar refractivity (Wildman–Crippen MR) is 93.4 cm³/mol. The molecule has 0 radical (unpaired) electrons. The fourth-order valence-electron chi connectivity index (χ4n) is 2.44. The summed E-state index contributed by atoms with van der Waals surface area (Å²) in [5, 5.41) is 11.2. The van der Waals surface area contributed by atoms with Crippen molar-refractivity contribution in [3.63, 3.8) is 0 Å². The van der Waals surface area contributed by atoms with Crippen molar-refractivity contribution in [2.75, 3.05) is 5.75 Å². The summed E-state index contributed by atoms with van der Waals surface area (Å²) < 4.78 is 63.6. The summed E-state index contributed by atoms with van der Waals surface area (Å²) in [5.41, 5.74) is -1.96. The Hall–Kier alpha value is -2.88. The van der Waals surface area contributed by atoms with Gasteiger partial charge in [0.05, 0.1) is 21.8 Å². The fourth-order valence-corrected chi connectivity index (χ4v) is 3.79. The van der Waals surface area contributed by atoms with E-state index in [0.29, 0.717) is 6.07 Å². The molecule has 0 saturated carbocycles. The minimum atomic E-state index is -4.80. The lowest BCUT2D eigenvalue weighted by Gasteiger charge is -2.17. The maximum absolute atomic E-state index is 13.0. The summed E-state index contributed by atoms with van der Waals surface area (Å²) in [6, 6.07) is 9.52. The summed E-state index contributed by atoms with van der Waals surface area (Å²) in [6.07, 6.45) is -5.31. The number of benzene rings is 2. The maximum Gasteiger partial charge on any atom is 0.417 e. The first-order chi connectivity index (χ1) is 13.0. The van der Waals surface area contributed by atoms with Gasteiger partial charge in [-0.2, -0.15) is 13.2 Å². The van der Waals surface area contributed by atoms with Crippen LogP contribution < -0.4 is 5.32 Å². The van der Waals surface area contributed by atoms with Crippen LogP contribution in [0.3, 0.4) is 0 Å². The van der Waals surface area contributed by atoms with Gasteiger partial charge in [0, 0.05) is 0 Å². The fraction of sp³-hybridized carbons (Fsp3) is 0.222. The second kappa shape index (κ2) is 8.42. The predicted octanol–water partition coefficient (Wildman–Crippen LogP) is 2.75. The number of alkyl halides is 3. The summed E-state index contributed by atoms with van der Waals surface area (Å²) in [7, 11) is -3.82. The van der Waals surface area contributed by atoms with E-state index >= 15 is 0 Å². The number of carbonyl (C=O) groups is 2. The maximum atomic E-state index is 13.0. The van der Waals surface area contributed by atoms with Gasteiger partial charge in [-0.25, -0.2) is 13.2 Å². The first-order valence-corrected chi connectivity index (χ1v) is 9.65. The molecule has 0 unspecified atom stereocenters. The Bertz CT molecular complexity index is 959. The average Bonchev–Trinajstić information content (AvgIpc) is 2.64. The molecular weight excluding hydrogens is 399 g/mol. The van der Waals surface area contributed by atoms with Gasteiger partial charge in [0.1, 0.15) is 6.04 Å². The second-order valence-corrected chi connectivity index (χ2v) is 7.94. The molecule has 0 bridgehead atoms. The quantitative estimate of drug-likeness (QED) is 0.724. The van der Waals surface area contributed by atoms with Gasteiger partial charge in [-0.15, -0.1) is 0 Å². The van der Waals surface area contributed by atoms with Crippen molar-refractivity contribution >= 4 is 21.7 Å². The van der Waals surface area contributed by atoms with Gasteiger partial charge >= 0.3 is 12.1 Å². The van der Waals surface area contributed by atoms with E-state index in [-0.39, 0.29) is 4.90 Å². The van der Waals surface area contributed by atoms with Crippen molar-refractivity contribution in [3.05, 3.63) is 65.7 Å². The molecule has 0 aromatic heterocycles. The molecule has 1 amide bonds. The highest BCUT2D eigenvalue weighted by molar-refractivity contribution is 7.91. The van der Waals surface area contributed by atoms with E-state index in [1.54, 1.807) is 6.07 Å². The molecule has 0 saturated heterocycles. The Morgan fingerprint density at radius 2 is 1.57 bits per heavy atom. The van der Waals surface area contributed by atoms with Crippen LogP contribution in [0.2, 0.25) is 0 Å². The van der Waals surface area contributed by atoms with Gasteiger partial charge in [0.15, 0.2) is 9.84 Å². The minimum Gasteiger partial charge on any atom is -0.480 e. The molecule has 10 heteroatoms. The van der Waals surface area contributed by atoms with Crippen molar-refractivity contribution < 1.29 is 36.3 Å². The molecule has 0 fully saturated rings. The van der Waals surface area contributed by atoms with Gasteiger partial charge in [-0.3, -0.25) is 4.79 Å². The van der Waals surface area contributed by atoms with Crippen LogP contribution in [0.25, 0.3) is 0 Å². The van der Waals surface area contributed by atoms with Gasteiger partial charge in [-0.1, -0.05) is 30.3 Å². The van der Waals surface area contributed by atoms with Crippen molar-refractivity contribution in [2.24, 2.45) is 0 Å². The van der Waals surface area contributed by atoms with Crippen LogP contribution in [0, 0.1) is 0 Å². The lowest BCUT2D eigenvalue weighted by atomic mass is 10.1. The summed E-state index contributed by atoms with van der Waals surface area (Å²) in [4.78, 5) is 23.5. The highest BCUT2D eigenvalue weighted by atomic mass is 32.2. The highest BCUT2D eigenvalue weighted by Gasteiger charge is 2.35. The molecule has 0 aliphatic heterocycles. The molecular formula is C18H16F3NO5S. The van der Waals surface area contributed by atoms with E-state index in [0.717, 1.165) is 12.1 Å². The third-order valence-electron chi connectivity index (χ3n) is 3.86. The smallest absolute Gasteiger partial charge is 0.417 e. The number of carboxylic acid groups (broad SMARTS) is 1. The minimum absolute atomic E-state index is 0.0205. The Morgan fingerprint density at radius 3 is 2.14 bits per heavy atom. The highest BCUT2D eigenvalue weighted by Crippen LogP contribution is 2.31. The topological polar surface area (TPSA) is 101 Å². The number of aliphatic carboxylic acids is 1. The summed E-state index contributed by atoms with van der Waals surface area (Å²) >= 11 is 0. The third kappa shape index (κ3) is 5.32. The monoisotopic (exact) mass is 415 g/mol. The Balaban J connectivity index is 2.16. The standard InChI is InChI=1S/C18H16F3NO5S/c19-18(20,21)14-9-5-4-8-13(14)16(23)22-15(17(24)25)10-11-28(26,27)12-6-2-1-3-7-12/h1-9,15H,10-11H2,(H,22,23)(H,24,25)/t15-/m0/s1. The SMILES string of the molecule is O=C(N[C@@H](CCS(=O)(=O)c1ccccc1)C(=O)O)c1ccccc1C(F)(F)F.